The van der Waals surface area contributed by atoms with Gasteiger partial charge in [0.1, 0.15) is 5.75 Å². The summed E-state index contributed by atoms with van der Waals surface area (Å²) in [6, 6.07) is 8.67. The number of aromatic nitrogens is 1. The average Bonchev–Trinajstić information content (AvgIpc) is 2.94. The van der Waals surface area contributed by atoms with Gasteiger partial charge in [-0.2, -0.15) is 5.10 Å². The van der Waals surface area contributed by atoms with Crippen molar-refractivity contribution < 1.29 is 4.74 Å². The van der Waals surface area contributed by atoms with Crippen molar-refractivity contribution in [3.05, 3.63) is 34.4 Å². The Kier molecular flexibility index (Phi) is 6.63. The molecule has 2 fully saturated rings. The minimum Gasteiger partial charge on any atom is -0.496 e. The van der Waals surface area contributed by atoms with Crippen LogP contribution < -0.4 is 9.54 Å². The summed E-state index contributed by atoms with van der Waals surface area (Å²) in [5.41, 5.74) is 3.50. The van der Waals surface area contributed by atoms with Crippen LogP contribution in [0.4, 0.5) is 0 Å². The fourth-order valence-electron chi connectivity index (χ4n) is 4.27. The van der Waals surface area contributed by atoms with Crippen LogP contribution in [-0.4, -0.2) is 23.5 Å². The Bertz CT molecular complexity index is 864. The van der Waals surface area contributed by atoms with E-state index in [9.17, 15) is 0 Å². The van der Waals surface area contributed by atoms with Crippen LogP contribution in [0.25, 0.3) is 11.3 Å². The first-order valence-electron chi connectivity index (χ1n) is 10.8. The Morgan fingerprint density at radius 1 is 0.964 bits per heavy atom. The van der Waals surface area contributed by atoms with Crippen LogP contribution in [0, 0.1) is 0 Å². The molecule has 4 rings (SSSR count). The highest BCUT2D eigenvalue weighted by Crippen LogP contribution is 2.30. The van der Waals surface area contributed by atoms with Crippen molar-refractivity contribution in [1.82, 2.24) is 4.68 Å². The minimum atomic E-state index is 0.443. The molecule has 0 radical (unpaired) electrons. The second-order valence-electron chi connectivity index (χ2n) is 7.92. The Labute approximate surface area is 172 Å². The van der Waals surface area contributed by atoms with Gasteiger partial charge in [-0.05, 0) is 50.7 Å². The molecule has 0 N–H and O–H groups in total. The summed E-state index contributed by atoms with van der Waals surface area (Å²) in [6.45, 7) is 0. The summed E-state index contributed by atoms with van der Waals surface area (Å²) < 4.78 is 7.75. The summed E-state index contributed by atoms with van der Waals surface area (Å²) in [7, 11) is 1.74. The smallest absolute Gasteiger partial charge is 0.206 e. The van der Waals surface area contributed by atoms with E-state index in [0.717, 1.165) is 34.6 Å². The second-order valence-corrected chi connectivity index (χ2v) is 8.75. The monoisotopic (exact) mass is 397 g/mol. The van der Waals surface area contributed by atoms with Gasteiger partial charge >= 0.3 is 0 Å². The third-order valence-electron chi connectivity index (χ3n) is 5.86. The zero-order valence-corrected chi connectivity index (χ0v) is 17.7. The van der Waals surface area contributed by atoms with E-state index in [1.165, 1.54) is 63.5 Å². The topological polar surface area (TPSA) is 38.9 Å². The largest absolute Gasteiger partial charge is 0.496 e. The molecule has 150 valence electrons. The molecular weight excluding hydrogens is 366 g/mol. The molecule has 28 heavy (non-hydrogen) atoms. The third-order valence-corrected chi connectivity index (χ3v) is 6.69. The standard InChI is InChI=1S/C23H31N3OS/c1-27-22-16-10-9-15-20(22)21-17-28-23(24-18-11-7-4-8-12-18)26(21)25-19-13-5-2-3-6-14-19/h9-10,15-18H,2-8,11-14H2,1H3. The van der Waals surface area contributed by atoms with E-state index >= 15 is 0 Å². The molecule has 2 saturated carbocycles. The van der Waals surface area contributed by atoms with Crippen LogP contribution >= 0.6 is 11.3 Å². The summed E-state index contributed by atoms with van der Waals surface area (Å²) >= 11 is 1.71. The normalized spacial score (nSPS) is 19.5. The molecule has 5 heteroatoms. The van der Waals surface area contributed by atoms with E-state index in [1.54, 1.807) is 18.4 Å². The van der Waals surface area contributed by atoms with E-state index in [2.05, 4.69) is 22.2 Å². The number of hydrogen-bond acceptors (Lipinski definition) is 4. The van der Waals surface area contributed by atoms with Crippen molar-refractivity contribution in [1.29, 1.82) is 0 Å². The van der Waals surface area contributed by atoms with Crippen LogP contribution in [-0.2, 0) is 0 Å². The van der Waals surface area contributed by atoms with E-state index in [1.807, 2.05) is 12.1 Å². The molecule has 0 saturated heterocycles. The Morgan fingerprint density at radius 3 is 2.43 bits per heavy atom. The van der Waals surface area contributed by atoms with Crippen molar-refractivity contribution in [3.8, 4) is 17.0 Å². The fraction of sp³-hybridized carbons (Fsp3) is 0.565. The third kappa shape index (κ3) is 4.57. The SMILES string of the molecule is COc1ccccc1-c1csc(=NC2CCCCC2)n1N=C1CCCCCC1. The molecule has 0 spiro atoms. The number of thiazole rings is 1. The van der Waals surface area contributed by atoms with Gasteiger partial charge in [0.15, 0.2) is 0 Å². The molecular formula is C23H31N3OS. The molecule has 1 aromatic carbocycles. The number of methoxy groups -OCH3 is 1. The first kappa shape index (κ1) is 19.4. The highest BCUT2D eigenvalue weighted by Gasteiger charge is 2.16. The predicted molar refractivity (Wildman–Crippen MR) is 117 cm³/mol. The van der Waals surface area contributed by atoms with Crippen molar-refractivity contribution in [2.75, 3.05) is 7.11 Å². The molecule has 1 aromatic heterocycles. The Hall–Kier alpha value is -1.88. The van der Waals surface area contributed by atoms with Crippen LogP contribution in [0.15, 0.2) is 39.7 Å². The molecule has 0 atom stereocenters. The summed E-state index contributed by atoms with van der Waals surface area (Å²) in [4.78, 5) is 6.17. The van der Waals surface area contributed by atoms with Crippen molar-refractivity contribution in [2.24, 2.45) is 10.1 Å². The lowest BCUT2D eigenvalue weighted by molar-refractivity contribution is 0.416. The van der Waals surface area contributed by atoms with Gasteiger partial charge in [-0.25, -0.2) is 4.68 Å². The molecule has 0 unspecified atom stereocenters. The highest BCUT2D eigenvalue weighted by molar-refractivity contribution is 7.07. The van der Waals surface area contributed by atoms with Gasteiger partial charge in [0, 0.05) is 16.7 Å². The van der Waals surface area contributed by atoms with Crippen molar-refractivity contribution in [2.45, 2.75) is 76.7 Å². The van der Waals surface area contributed by atoms with Crippen molar-refractivity contribution in [3.63, 3.8) is 0 Å². The lowest BCUT2D eigenvalue weighted by Gasteiger charge is -2.17. The summed E-state index contributed by atoms with van der Waals surface area (Å²) in [6.07, 6.45) is 13.7. The maximum Gasteiger partial charge on any atom is 0.206 e. The molecule has 0 aliphatic heterocycles. The minimum absolute atomic E-state index is 0.443. The second kappa shape index (κ2) is 9.55. The van der Waals surface area contributed by atoms with Crippen LogP contribution in [0.3, 0.4) is 0 Å². The van der Waals surface area contributed by atoms with Crippen LogP contribution in [0.5, 0.6) is 5.75 Å². The van der Waals surface area contributed by atoms with Gasteiger partial charge in [0.05, 0.1) is 18.8 Å². The zero-order chi connectivity index (χ0) is 19.2. The number of para-hydroxylation sites is 1. The maximum atomic E-state index is 5.64. The fourth-order valence-corrected chi connectivity index (χ4v) is 5.16. The van der Waals surface area contributed by atoms with Crippen molar-refractivity contribution >= 4 is 17.0 Å². The van der Waals surface area contributed by atoms with Crippen LogP contribution in [0.2, 0.25) is 0 Å². The van der Waals surface area contributed by atoms with Gasteiger partial charge in [-0.1, -0.05) is 44.2 Å². The quantitative estimate of drug-likeness (QED) is 0.582. The van der Waals surface area contributed by atoms with Gasteiger partial charge < -0.3 is 4.74 Å². The lowest BCUT2D eigenvalue weighted by atomic mass is 9.96. The Morgan fingerprint density at radius 2 is 1.68 bits per heavy atom. The molecule has 0 amide bonds. The number of rotatable bonds is 4. The summed E-state index contributed by atoms with van der Waals surface area (Å²) in [5, 5.41) is 7.34. The van der Waals surface area contributed by atoms with Gasteiger partial charge in [-0.15, -0.1) is 11.3 Å². The molecule has 1 heterocycles. The van der Waals surface area contributed by atoms with E-state index < -0.39 is 0 Å². The molecule has 0 bridgehead atoms. The molecule has 2 aliphatic rings. The van der Waals surface area contributed by atoms with E-state index in [-0.39, 0.29) is 0 Å². The van der Waals surface area contributed by atoms with Crippen LogP contribution in [0.1, 0.15) is 70.6 Å². The first-order valence-corrected chi connectivity index (χ1v) is 11.7. The maximum absolute atomic E-state index is 5.64. The molecule has 2 aromatic rings. The number of ether oxygens (including phenoxy) is 1. The number of nitrogens with zero attached hydrogens (tertiary/aromatic N) is 3. The number of hydrogen-bond donors (Lipinski definition) is 0. The van der Waals surface area contributed by atoms with E-state index in [0.29, 0.717) is 6.04 Å². The average molecular weight is 398 g/mol. The predicted octanol–water partition coefficient (Wildman–Crippen LogP) is 6.02. The van der Waals surface area contributed by atoms with Gasteiger partial charge in [0.25, 0.3) is 0 Å². The first-order chi connectivity index (χ1) is 13.8. The zero-order valence-electron chi connectivity index (χ0n) is 16.9. The lowest BCUT2D eigenvalue weighted by Crippen LogP contribution is -2.20. The molecule has 4 nitrogen and oxygen atoms in total. The highest BCUT2D eigenvalue weighted by atomic mass is 32.1. The number of benzene rings is 1. The molecule has 2 aliphatic carbocycles. The summed E-state index contributed by atoms with van der Waals surface area (Å²) in [5.74, 6) is 0.888. The Balaban J connectivity index is 1.79. The van der Waals surface area contributed by atoms with E-state index in [4.69, 9.17) is 14.8 Å². The van der Waals surface area contributed by atoms with Gasteiger partial charge in [0.2, 0.25) is 4.80 Å². The van der Waals surface area contributed by atoms with Gasteiger partial charge in [-0.3, -0.25) is 4.99 Å².